The molecule has 0 fully saturated rings. The summed E-state index contributed by atoms with van der Waals surface area (Å²) < 4.78 is 2.91. The van der Waals surface area contributed by atoms with Crippen molar-refractivity contribution in [3.8, 4) is 17.1 Å². The standard InChI is InChI=1S/C23H17BrClN5OS/c24-18-9-11-20(12-10-18)30-22(17-6-2-1-3-7-17)28-29-23(30)32-15-21(31)27-26-14-16-5-4-8-19(25)13-16/h1-14H,15H2,(H,27,31)/b26-14+. The summed E-state index contributed by atoms with van der Waals surface area (Å²) in [5.41, 5.74) is 5.17. The van der Waals surface area contributed by atoms with Gasteiger partial charge in [0.25, 0.3) is 5.91 Å². The molecule has 1 N–H and O–H groups in total. The Morgan fingerprint density at radius 1 is 1.06 bits per heavy atom. The number of aromatic nitrogens is 3. The second-order valence-corrected chi connectivity index (χ2v) is 8.92. The Morgan fingerprint density at radius 3 is 2.59 bits per heavy atom. The summed E-state index contributed by atoms with van der Waals surface area (Å²) >= 11 is 10.7. The largest absolute Gasteiger partial charge is 0.272 e. The maximum Gasteiger partial charge on any atom is 0.250 e. The number of halogens is 2. The van der Waals surface area contributed by atoms with Gasteiger partial charge >= 0.3 is 0 Å². The van der Waals surface area contributed by atoms with Crippen molar-refractivity contribution in [1.29, 1.82) is 0 Å². The van der Waals surface area contributed by atoms with Gasteiger partial charge in [-0.2, -0.15) is 5.10 Å². The minimum atomic E-state index is -0.250. The molecule has 0 aliphatic rings. The maximum atomic E-state index is 12.3. The molecule has 160 valence electrons. The average Bonchev–Trinajstić information content (AvgIpc) is 3.23. The van der Waals surface area contributed by atoms with Crippen LogP contribution in [0.2, 0.25) is 5.02 Å². The highest BCUT2D eigenvalue weighted by Crippen LogP contribution is 2.28. The van der Waals surface area contributed by atoms with Gasteiger partial charge in [-0.3, -0.25) is 9.36 Å². The number of carbonyl (C=O) groups is 1. The monoisotopic (exact) mass is 525 g/mol. The van der Waals surface area contributed by atoms with E-state index < -0.39 is 0 Å². The summed E-state index contributed by atoms with van der Waals surface area (Å²) in [5, 5.41) is 13.9. The van der Waals surface area contributed by atoms with Gasteiger partial charge in [-0.15, -0.1) is 10.2 Å². The molecule has 1 amide bonds. The van der Waals surface area contributed by atoms with Gasteiger partial charge in [0.15, 0.2) is 11.0 Å². The van der Waals surface area contributed by atoms with Crippen molar-refractivity contribution in [2.45, 2.75) is 5.16 Å². The van der Waals surface area contributed by atoms with E-state index in [0.29, 0.717) is 16.0 Å². The fraction of sp³-hybridized carbons (Fsp3) is 0.0435. The van der Waals surface area contributed by atoms with Crippen LogP contribution in [-0.2, 0) is 4.79 Å². The number of hydrazone groups is 1. The molecule has 0 atom stereocenters. The van der Waals surface area contributed by atoms with Crippen LogP contribution in [0.5, 0.6) is 0 Å². The zero-order chi connectivity index (χ0) is 22.3. The Hall–Kier alpha value is -2.94. The third kappa shape index (κ3) is 5.64. The van der Waals surface area contributed by atoms with Crippen molar-refractivity contribution < 1.29 is 4.79 Å². The number of hydrogen-bond acceptors (Lipinski definition) is 5. The first-order chi connectivity index (χ1) is 15.6. The van der Waals surface area contributed by atoms with Crippen molar-refractivity contribution in [2.24, 2.45) is 5.10 Å². The van der Waals surface area contributed by atoms with Crippen LogP contribution in [0.25, 0.3) is 17.1 Å². The first kappa shape index (κ1) is 22.3. The fourth-order valence-corrected chi connectivity index (χ4v) is 4.10. The van der Waals surface area contributed by atoms with E-state index in [-0.39, 0.29) is 11.7 Å². The molecule has 3 aromatic carbocycles. The summed E-state index contributed by atoms with van der Waals surface area (Å²) in [6.07, 6.45) is 1.55. The van der Waals surface area contributed by atoms with E-state index >= 15 is 0 Å². The molecule has 0 unspecified atom stereocenters. The third-order valence-electron chi connectivity index (χ3n) is 4.33. The molecule has 9 heteroatoms. The average molecular weight is 527 g/mol. The predicted octanol–water partition coefficient (Wildman–Crippen LogP) is 5.59. The zero-order valence-electron chi connectivity index (χ0n) is 16.7. The first-order valence-corrected chi connectivity index (χ1v) is 11.7. The normalized spacial score (nSPS) is 11.1. The third-order valence-corrected chi connectivity index (χ3v) is 6.03. The molecule has 32 heavy (non-hydrogen) atoms. The zero-order valence-corrected chi connectivity index (χ0v) is 19.8. The van der Waals surface area contributed by atoms with Crippen LogP contribution in [0.3, 0.4) is 0 Å². The van der Waals surface area contributed by atoms with Crippen molar-refractivity contribution in [2.75, 3.05) is 5.75 Å². The highest BCUT2D eigenvalue weighted by atomic mass is 79.9. The number of nitrogens with one attached hydrogen (secondary N) is 1. The van der Waals surface area contributed by atoms with E-state index in [1.165, 1.54) is 11.8 Å². The molecule has 0 radical (unpaired) electrons. The minimum Gasteiger partial charge on any atom is -0.272 e. The number of nitrogens with zero attached hydrogens (tertiary/aromatic N) is 4. The molecular weight excluding hydrogens is 510 g/mol. The lowest BCUT2D eigenvalue weighted by atomic mass is 10.2. The first-order valence-electron chi connectivity index (χ1n) is 9.57. The summed E-state index contributed by atoms with van der Waals surface area (Å²) in [6.45, 7) is 0. The molecule has 0 bridgehead atoms. The minimum absolute atomic E-state index is 0.135. The number of amides is 1. The van der Waals surface area contributed by atoms with E-state index in [4.69, 9.17) is 11.6 Å². The molecule has 1 aromatic heterocycles. The highest BCUT2D eigenvalue weighted by molar-refractivity contribution is 9.10. The Balaban J connectivity index is 1.50. The number of thioether (sulfide) groups is 1. The van der Waals surface area contributed by atoms with Crippen molar-refractivity contribution in [3.63, 3.8) is 0 Å². The lowest BCUT2D eigenvalue weighted by Gasteiger charge is -2.10. The van der Waals surface area contributed by atoms with E-state index in [1.807, 2.05) is 71.3 Å². The van der Waals surface area contributed by atoms with Gasteiger partial charge in [-0.05, 0) is 42.0 Å². The molecule has 0 saturated carbocycles. The van der Waals surface area contributed by atoms with E-state index in [9.17, 15) is 4.79 Å². The summed E-state index contributed by atoms with van der Waals surface area (Å²) in [5.74, 6) is 0.589. The Morgan fingerprint density at radius 2 is 1.84 bits per heavy atom. The van der Waals surface area contributed by atoms with Gasteiger partial charge in [0.2, 0.25) is 0 Å². The topological polar surface area (TPSA) is 72.2 Å². The molecule has 4 aromatic rings. The number of hydrogen-bond donors (Lipinski definition) is 1. The molecule has 0 aliphatic heterocycles. The smallest absolute Gasteiger partial charge is 0.250 e. The van der Waals surface area contributed by atoms with Crippen LogP contribution in [0.4, 0.5) is 0 Å². The molecule has 0 aliphatic carbocycles. The number of benzene rings is 3. The maximum absolute atomic E-state index is 12.3. The molecule has 0 saturated heterocycles. The van der Waals surface area contributed by atoms with E-state index in [2.05, 4.69) is 36.7 Å². The molecule has 0 spiro atoms. The molecular formula is C23H17BrClN5OS. The SMILES string of the molecule is O=C(CSc1nnc(-c2ccccc2)n1-c1ccc(Br)cc1)N/N=C/c1cccc(Cl)c1. The van der Waals surface area contributed by atoms with Crippen LogP contribution in [-0.4, -0.2) is 32.6 Å². The quantitative estimate of drug-likeness (QED) is 0.193. The number of carbonyl (C=O) groups excluding carboxylic acids is 1. The Bertz CT molecular complexity index is 1240. The lowest BCUT2D eigenvalue weighted by molar-refractivity contribution is -0.118. The van der Waals surface area contributed by atoms with Crippen LogP contribution in [0, 0.1) is 0 Å². The second-order valence-electron chi connectivity index (χ2n) is 6.62. The second kappa shape index (κ2) is 10.6. The summed E-state index contributed by atoms with van der Waals surface area (Å²) in [6, 6.07) is 24.9. The van der Waals surface area contributed by atoms with Gasteiger partial charge < -0.3 is 0 Å². The molecule has 1 heterocycles. The van der Waals surface area contributed by atoms with E-state index in [0.717, 1.165) is 21.3 Å². The number of rotatable bonds is 7. The van der Waals surface area contributed by atoms with Crippen molar-refractivity contribution in [3.05, 3.63) is 93.9 Å². The van der Waals surface area contributed by atoms with Gasteiger partial charge in [0.1, 0.15) is 0 Å². The van der Waals surface area contributed by atoms with Crippen LogP contribution >= 0.6 is 39.3 Å². The summed E-state index contributed by atoms with van der Waals surface area (Å²) in [4.78, 5) is 12.3. The fourth-order valence-electron chi connectivity index (χ4n) is 2.89. The molecule has 6 nitrogen and oxygen atoms in total. The predicted molar refractivity (Wildman–Crippen MR) is 132 cm³/mol. The van der Waals surface area contributed by atoms with Crippen LogP contribution in [0.15, 0.2) is 93.6 Å². The Kier molecular flexibility index (Phi) is 7.36. The molecule has 4 rings (SSSR count). The van der Waals surface area contributed by atoms with Gasteiger partial charge in [0, 0.05) is 20.7 Å². The lowest BCUT2D eigenvalue weighted by Crippen LogP contribution is -2.20. The van der Waals surface area contributed by atoms with Crippen LogP contribution in [0.1, 0.15) is 5.56 Å². The van der Waals surface area contributed by atoms with Gasteiger partial charge in [-0.1, -0.05) is 81.8 Å². The summed E-state index contributed by atoms with van der Waals surface area (Å²) in [7, 11) is 0. The van der Waals surface area contributed by atoms with Crippen molar-refractivity contribution in [1.82, 2.24) is 20.2 Å². The van der Waals surface area contributed by atoms with E-state index in [1.54, 1.807) is 18.3 Å². The van der Waals surface area contributed by atoms with Gasteiger partial charge in [0.05, 0.1) is 12.0 Å². The Labute approximate surface area is 202 Å². The highest BCUT2D eigenvalue weighted by Gasteiger charge is 2.17. The van der Waals surface area contributed by atoms with Gasteiger partial charge in [-0.25, -0.2) is 5.43 Å². The van der Waals surface area contributed by atoms with Crippen LogP contribution < -0.4 is 5.43 Å². The van der Waals surface area contributed by atoms with Crippen molar-refractivity contribution >= 4 is 51.4 Å².